The molecule has 2 rings (SSSR count). The molecule has 0 amide bonds. The predicted octanol–water partition coefficient (Wildman–Crippen LogP) is 4.71. The third-order valence-electron chi connectivity index (χ3n) is 3.13. The molecule has 0 aliphatic heterocycles. The molecule has 0 radical (unpaired) electrons. The Balaban J connectivity index is 2.22. The van der Waals surface area contributed by atoms with Gasteiger partial charge in [0.05, 0.1) is 0 Å². The molecule has 0 bridgehead atoms. The Morgan fingerprint density at radius 1 is 1.05 bits per heavy atom. The van der Waals surface area contributed by atoms with Gasteiger partial charge in [0.15, 0.2) is 0 Å². The van der Waals surface area contributed by atoms with E-state index >= 15 is 0 Å². The van der Waals surface area contributed by atoms with Gasteiger partial charge < -0.3 is 10.5 Å². The summed E-state index contributed by atoms with van der Waals surface area (Å²) in [4.78, 5) is 0. The highest BCUT2D eigenvalue weighted by atomic mass is 16.5. The first kappa shape index (κ1) is 13.5. The third kappa shape index (κ3) is 3.75. The number of ether oxygens (including phenoxy) is 1. The van der Waals surface area contributed by atoms with Crippen LogP contribution in [0.25, 0.3) is 0 Å². The zero-order valence-corrected chi connectivity index (χ0v) is 11.6. The number of hydrogen-bond donors (Lipinski definition) is 1. The fourth-order valence-electron chi connectivity index (χ4n) is 1.99. The molecule has 0 aliphatic rings. The lowest BCUT2D eigenvalue weighted by molar-refractivity contribution is 0.474. The second-order valence-electron chi connectivity index (χ2n) is 4.89. The molecule has 2 heteroatoms. The maximum absolute atomic E-state index is 5.99. The fraction of sp³-hybridized carbons (Fsp3) is 0.294. The van der Waals surface area contributed by atoms with Crippen LogP contribution in [0.2, 0.25) is 0 Å². The summed E-state index contributed by atoms with van der Waals surface area (Å²) < 4.78 is 5.99. The molecule has 100 valence electrons. The average molecular weight is 255 g/mol. The molecule has 0 aliphatic carbocycles. The molecule has 0 unspecified atom stereocenters. The van der Waals surface area contributed by atoms with Crippen LogP contribution in [0.15, 0.2) is 42.5 Å². The van der Waals surface area contributed by atoms with Crippen molar-refractivity contribution in [3.8, 4) is 11.5 Å². The summed E-state index contributed by atoms with van der Waals surface area (Å²) in [7, 11) is 0. The minimum Gasteiger partial charge on any atom is -0.457 e. The Morgan fingerprint density at radius 2 is 1.79 bits per heavy atom. The van der Waals surface area contributed by atoms with Gasteiger partial charge in [-0.2, -0.15) is 0 Å². The minimum absolute atomic E-state index is 0.753. The van der Waals surface area contributed by atoms with Gasteiger partial charge in [-0.25, -0.2) is 0 Å². The van der Waals surface area contributed by atoms with Crippen LogP contribution in [0.4, 0.5) is 5.69 Å². The van der Waals surface area contributed by atoms with Gasteiger partial charge in [-0.15, -0.1) is 0 Å². The number of anilines is 1. The zero-order valence-electron chi connectivity index (χ0n) is 11.6. The molecule has 2 aromatic carbocycles. The number of unbranched alkanes of at least 4 members (excludes halogenated alkanes) is 1. The van der Waals surface area contributed by atoms with E-state index in [1.54, 1.807) is 0 Å². The van der Waals surface area contributed by atoms with E-state index in [1.165, 1.54) is 24.0 Å². The summed E-state index contributed by atoms with van der Waals surface area (Å²) in [6.07, 6.45) is 3.43. The van der Waals surface area contributed by atoms with Crippen LogP contribution < -0.4 is 10.5 Å². The van der Waals surface area contributed by atoms with Crippen molar-refractivity contribution in [1.82, 2.24) is 0 Å². The molecule has 2 nitrogen and oxygen atoms in total. The van der Waals surface area contributed by atoms with E-state index in [0.717, 1.165) is 23.6 Å². The second-order valence-corrected chi connectivity index (χ2v) is 4.89. The Morgan fingerprint density at radius 3 is 2.47 bits per heavy atom. The number of benzene rings is 2. The third-order valence-corrected chi connectivity index (χ3v) is 3.13. The minimum atomic E-state index is 0.753. The van der Waals surface area contributed by atoms with E-state index in [2.05, 4.69) is 32.0 Å². The van der Waals surface area contributed by atoms with Crippen molar-refractivity contribution in [3.05, 3.63) is 53.6 Å². The molecule has 0 heterocycles. The van der Waals surface area contributed by atoms with E-state index in [9.17, 15) is 0 Å². The van der Waals surface area contributed by atoms with Gasteiger partial charge in [0.1, 0.15) is 11.5 Å². The van der Waals surface area contributed by atoms with Crippen LogP contribution >= 0.6 is 0 Å². The van der Waals surface area contributed by atoms with Crippen molar-refractivity contribution in [2.45, 2.75) is 33.1 Å². The quantitative estimate of drug-likeness (QED) is 0.785. The topological polar surface area (TPSA) is 35.2 Å². The standard InChI is InChI=1S/C17H21NO/c1-3-4-5-14-7-6-13(2)12-17(14)19-16-10-8-15(18)9-11-16/h6-12H,3-5,18H2,1-2H3. The van der Waals surface area contributed by atoms with E-state index in [1.807, 2.05) is 24.3 Å². The van der Waals surface area contributed by atoms with Crippen LogP contribution in [0, 0.1) is 6.92 Å². The highest BCUT2D eigenvalue weighted by molar-refractivity contribution is 5.45. The maximum Gasteiger partial charge on any atom is 0.130 e. The Bertz CT molecular complexity index is 531. The van der Waals surface area contributed by atoms with Crippen LogP contribution in [0.1, 0.15) is 30.9 Å². The summed E-state index contributed by atoms with van der Waals surface area (Å²) in [6.45, 7) is 4.29. The highest BCUT2D eigenvalue weighted by Gasteiger charge is 2.05. The van der Waals surface area contributed by atoms with Gasteiger partial charge in [-0.3, -0.25) is 0 Å². The maximum atomic E-state index is 5.99. The summed E-state index contributed by atoms with van der Waals surface area (Å²) >= 11 is 0. The van der Waals surface area contributed by atoms with Crippen molar-refractivity contribution in [3.63, 3.8) is 0 Å². The number of rotatable bonds is 5. The fourth-order valence-corrected chi connectivity index (χ4v) is 1.99. The molecule has 0 saturated carbocycles. The van der Waals surface area contributed by atoms with Crippen LogP contribution in [-0.2, 0) is 6.42 Å². The SMILES string of the molecule is CCCCc1ccc(C)cc1Oc1ccc(N)cc1. The van der Waals surface area contributed by atoms with Gasteiger partial charge in [0.2, 0.25) is 0 Å². The normalized spacial score (nSPS) is 10.4. The van der Waals surface area contributed by atoms with Crippen molar-refractivity contribution in [2.75, 3.05) is 5.73 Å². The first-order valence-corrected chi connectivity index (χ1v) is 6.82. The molecule has 0 fully saturated rings. The van der Waals surface area contributed by atoms with Gasteiger partial charge in [0, 0.05) is 5.69 Å². The zero-order chi connectivity index (χ0) is 13.7. The summed E-state index contributed by atoms with van der Waals surface area (Å²) in [5, 5.41) is 0. The molecule has 0 saturated heterocycles. The largest absolute Gasteiger partial charge is 0.457 e. The molecule has 0 spiro atoms. The van der Waals surface area contributed by atoms with Gasteiger partial charge >= 0.3 is 0 Å². The lowest BCUT2D eigenvalue weighted by Gasteiger charge is -2.12. The first-order valence-electron chi connectivity index (χ1n) is 6.82. The Hall–Kier alpha value is -1.96. The first-order chi connectivity index (χ1) is 9.19. The predicted molar refractivity (Wildman–Crippen MR) is 80.7 cm³/mol. The molecule has 19 heavy (non-hydrogen) atoms. The summed E-state index contributed by atoms with van der Waals surface area (Å²) in [5.41, 5.74) is 8.92. The monoisotopic (exact) mass is 255 g/mol. The second kappa shape index (κ2) is 6.28. The van der Waals surface area contributed by atoms with Gasteiger partial charge in [-0.05, 0) is 61.2 Å². The molecule has 0 aromatic heterocycles. The van der Waals surface area contributed by atoms with Crippen LogP contribution in [0.3, 0.4) is 0 Å². The van der Waals surface area contributed by atoms with E-state index in [4.69, 9.17) is 10.5 Å². The lowest BCUT2D eigenvalue weighted by atomic mass is 10.1. The Labute approximate surface area is 115 Å². The van der Waals surface area contributed by atoms with Gasteiger partial charge in [0.25, 0.3) is 0 Å². The van der Waals surface area contributed by atoms with Crippen molar-refractivity contribution < 1.29 is 4.74 Å². The Kier molecular flexibility index (Phi) is 4.45. The van der Waals surface area contributed by atoms with E-state index in [0.29, 0.717) is 0 Å². The van der Waals surface area contributed by atoms with Crippen molar-refractivity contribution in [2.24, 2.45) is 0 Å². The van der Waals surface area contributed by atoms with E-state index in [-0.39, 0.29) is 0 Å². The van der Waals surface area contributed by atoms with Crippen molar-refractivity contribution >= 4 is 5.69 Å². The van der Waals surface area contributed by atoms with Gasteiger partial charge in [-0.1, -0.05) is 25.5 Å². The van der Waals surface area contributed by atoms with Crippen LogP contribution in [0.5, 0.6) is 11.5 Å². The molecular formula is C17H21NO. The number of aryl methyl sites for hydroxylation is 2. The van der Waals surface area contributed by atoms with Crippen molar-refractivity contribution in [1.29, 1.82) is 0 Å². The smallest absolute Gasteiger partial charge is 0.130 e. The highest BCUT2D eigenvalue weighted by Crippen LogP contribution is 2.28. The molecule has 0 atom stereocenters. The number of nitrogen functional groups attached to an aromatic ring is 1. The average Bonchev–Trinajstić information content (AvgIpc) is 2.40. The molecular weight excluding hydrogens is 234 g/mol. The number of nitrogens with two attached hydrogens (primary N) is 1. The molecule has 2 aromatic rings. The summed E-state index contributed by atoms with van der Waals surface area (Å²) in [5.74, 6) is 1.79. The molecule has 2 N–H and O–H groups in total. The van der Waals surface area contributed by atoms with E-state index < -0.39 is 0 Å². The van der Waals surface area contributed by atoms with Crippen LogP contribution in [-0.4, -0.2) is 0 Å². The number of hydrogen-bond acceptors (Lipinski definition) is 2. The summed E-state index contributed by atoms with van der Waals surface area (Å²) in [6, 6.07) is 13.9. The lowest BCUT2D eigenvalue weighted by Crippen LogP contribution is -1.93.